The summed E-state index contributed by atoms with van der Waals surface area (Å²) in [6.45, 7) is 0. The minimum Gasteiger partial charge on any atom is -0.497 e. The van der Waals surface area contributed by atoms with Gasteiger partial charge in [0.15, 0.2) is 0 Å². The van der Waals surface area contributed by atoms with Crippen LogP contribution >= 0.6 is 24.0 Å². The van der Waals surface area contributed by atoms with Crippen LogP contribution in [-0.2, 0) is 22.4 Å². The number of thiocarbonyl (C=S) groups is 1. The van der Waals surface area contributed by atoms with Crippen molar-refractivity contribution in [1.29, 1.82) is 0 Å². The number of amides is 1. The number of ketones is 1. The number of methoxy groups -OCH3 is 2. The van der Waals surface area contributed by atoms with Crippen molar-refractivity contribution in [3.05, 3.63) is 76.4 Å². The Morgan fingerprint density at radius 2 is 1.84 bits per heavy atom. The molecule has 0 radical (unpaired) electrons. The van der Waals surface area contributed by atoms with Crippen LogP contribution in [0.5, 0.6) is 11.5 Å². The quantitative estimate of drug-likeness (QED) is 0.119. The number of Topliss-reactive ketones (excluding diaryl/α,β-unsaturated/α-hetero) is 1. The van der Waals surface area contributed by atoms with Crippen LogP contribution < -0.4 is 15.2 Å². The molecule has 3 aliphatic rings. The fraction of sp³-hybridized carbons (Fsp3) is 0.417. The Kier molecular flexibility index (Phi) is 9.78. The maximum Gasteiger partial charge on any atom is 0.266 e. The van der Waals surface area contributed by atoms with E-state index < -0.39 is 6.04 Å². The highest BCUT2D eigenvalue weighted by molar-refractivity contribution is 8.26. The molecule has 3 aromatic rings. The van der Waals surface area contributed by atoms with Crippen LogP contribution in [0.15, 0.2) is 63.9 Å². The molecule has 3 unspecified atom stereocenters. The number of rotatable bonds is 13. The number of ether oxygens (including phenoxy) is 2. The van der Waals surface area contributed by atoms with Crippen LogP contribution in [0.1, 0.15) is 61.8 Å². The van der Waals surface area contributed by atoms with E-state index in [9.17, 15) is 9.59 Å². The lowest BCUT2D eigenvalue weighted by molar-refractivity contribution is -0.124. The SMILES string of the molecule is COc1cc(OC)cc(-c2cc(CCCCC(=O)[C@@H](N)Cc3ccccc3)c(/C=C3\SC(=S)N(C4CC5CCC4C5)C3=O)o2)c1. The Balaban J connectivity index is 1.19. The van der Waals surface area contributed by atoms with Crippen molar-refractivity contribution < 1.29 is 23.5 Å². The zero-order chi connectivity index (χ0) is 31.5. The van der Waals surface area contributed by atoms with Gasteiger partial charge in [-0.1, -0.05) is 60.7 Å². The first-order valence-electron chi connectivity index (χ1n) is 15.8. The first-order chi connectivity index (χ1) is 21.8. The first-order valence-corrected chi connectivity index (χ1v) is 17.0. The Morgan fingerprint density at radius 1 is 1.09 bits per heavy atom. The molecule has 45 heavy (non-hydrogen) atoms. The lowest BCUT2D eigenvalue weighted by atomic mass is 9.94. The van der Waals surface area contributed by atoms with Crippen LogP contribution in [0, 0.1) is 11.8 Å². The summed E-state index contributed by atoms with van der Waals surface area (Å²) in [6, 6.07) is 17.2. The van der Waals surface area contributed by atoms with E-state index in [2.05, 4.69) is 0 Å². The third kappa shape index (κ3) is 7.05. The van der Waals surface area contributed by atoms with Crippen molar-refractivity contribution in [2.75, 3.05) is 14.2 Å². The molecular weight excluding hydrogens is 605 g/mol. The molecule has 2 aliphatic carbocycles. The molecule has 1 aromatic heterocycles. The lowest BCUT2D eigenvalue weighted by Gasteiger charge is -2.30. The Labute approximate surface area is 274 Å². The zero-order valence-corrected chi connectivity index (χ0v) is 27.5. The van der Waals surface area contributed by atoms with E-state index in [-0.39, 0.29) is 17.7 Å². The van der Waals surface area contributed by atoms with Crippen molar-refractivity contribution in [3.63, 3.8) is 0 Å². The first kappa shape index (κ1) is 31.6. The minimum absolute atomic E-state index is 0.0208. The van der Waals surface area contributed by atoms with Crippen LogP contribution in [0.25, 0.3) is 17.4 Å². The van der Waals surface area contributed by atoms with E-state index >= 15 is 0 Å². The van der Waals surface area contributed by atoms with Gasteiger partial charge in [-0.15, -0.1) is 0 Å². The number of hydrogen-bond acceptors (Lipinski definition) is 8. The number of carbonyl (C=O) groups is 2. The number of carbonyl (C=O) groups excluding carboxylic acids is 2. The summed E-state index contributed by atoms with van der Waals surface area (Å²) in [5, 5.41) is 0. The number of nitrogens with two attached hydrogens (primary N) is 1. The van der Waals surface area contributed by atoms with Gasteiger partial charge in [0.05, 0.1) is 25.2 Å². The second kappa shape index (κ2) is 13.9. The fourth-order valence-corrected chi connectivity index (χ4v) is 8.39. The van der Waals surface area contributed by atoms with E-state index in [4.69, 9.17) is 31.8 Å². The molecule has 9 heteroatoms. The van der Waals surface area contributed by atoms with Crippen molar-refractivity contribution in [1.82, 2.24) is 4.90 Å². The average Bonchev–Trinajstić information content (AvgIpc) is 3.84. The largest absolute Gasteiger partial charge is 0.497 e. The molecule has 2 bridgehead atoms. The summed E-state index contributed by atoms with van der Waals surface area (Å²) in [4.78, 5) is 28.9. The van der Waals surface area contributed by atoms with Gasteiger partial charge in [-0.3, -0.25) is 14.5 Å². The number of thioether (sulfide) groups is 1. The van der Waals surface area contributed by atoms with E-state index in [0.29, 0.717) is 69.8 Å². The van der Waals surface area contributed by atoms with Gasteiger partial charge in [0.2, 0.25) is 0 Å². The average molecular weight is 645 g/mol. The summed E-state index contributed by atoms with van der Waals surface area (Å²) < 4.78 is 18.0. The Morgan fingerprint density at radius 3 is 2.51 bits per heavy atom. The zero-order valence-electron chi connectivity index (χ0n) is 25.8. The smallest absolute Gasteiger partial charge is 0.266 e. The summed E-state index contributed by atoms with van der Waals surface area (Å²) in [5.74, 6) is 3.90. The van der Waals surface area contributed by atoms with Crippen molar-refractivity contribution in [3.8, 4) is 22.8 Å². The number of unbranched alkanes of at least 4 members (excludes halogenated alkanes) is 1. The van der Waals surface area contributed by atoms with Gasteiger partial charge in [-0.2, -0.15) is 0 Å². The molecule has 1 saturated heterocycles. The highest BCUT2D eigenvalue weighted by Gasteiger charge is 2.48. The normalized spacial score (nSPS) is 22.4. The molecule has 2 aromatic carbocycles. The minimum atomic E-state index is -0.511. The highest BCUT2D eigenvalue weighted by atomic mass is 32.2. The third-order valence-electron chi connectivity index (χ3n) is 9.43. The molecular formula is C36H40N2O5S2. The van der Waals surface area contributed by atoms with Gasteiger partial charge in [-0.05, 0) is 86.1 Å². The molecule has 7 nitrogen and oxygen atoms in total. The fourth-order valence-electron chi connectivity index (χ4n) is 7.05. The maximum absolute atomic E-state index is 13.7. The van der Waals surface area contributed by atoms with Crippen molar-refractivity contribution in [2.45, 2.75) is 69.9 Å². The maximum atomic E-state index is 13.7. The highest BCUT2D eigenvalue weighted by Crippen LogP contribution is 2.49. The number of fused-ring (bicyclic) bond motifs is 2. The summed E-state index contributed by atoms with van der Waals surface area (Å²) in [6.07, 6.45) is 9.68. The van der Waals surface area contributed by atoms with Gasteiger partial charge < -0.3 is 19.6 Å². The van der Waals surface area contributed by atoms with E-state index in [1.165, 1.54) is 31.0 Å². The molecule has 0 spiro atoms. The molecule has 236 valence electrons. The Hall–Kier alpha value is -3.40. The van der Waals surface area contributed by atoms with Gasteiger partial charge in [0.25, 0.3) is 5.91 Å². The molecule has 4 atom stereocenters. The lowest BCUT2D eigenvalue weighted by Crippen LogP contribution is -2.41. The van der Waals surface area contributed by atoms with Gasteiger partial charge >= 0.3 is 0 Å². The monoisotopic (exact) mass is 644 g/mol. The predicted octanol–water partition coefficient (Wildman–Crippen LogP) is 7.21. The van der Waals surface area contributed by atoms with Crippen LogP contribution in [0.3, 0.4) is 0 Å². The molecule has 3 fully saturated rings. The second-order valence-electron chi connectivity index (χ2n) is 12.4. The van der Waals surface area contributed by atoms with Gasteiger partial charge in [0.1, 0.15) is 33.1 Å². The van der Waals surface area contributed by atoms with Gasteiger partial charge in [-0.25, -0.2) is 0 Å². The topological polar surface area (TPSA) is 95.0 Å². The predicted molar refractivity (Wildman–Crippen MR) is 182 cm³/mol. The van der Waals surface area contributed by atoms with Crippen LogP contribution in [0.2, 0.25) is 0 Å². The van der Waals surface area contributed by atoms with Gasteiger partial charge in [0, 0.05) is 30.2 Å². The number of aryl methyl sites for hydroxylation is 1. The molecule has 1 amide bonds. The summed E-state index contributed by atoms with van der Waals surface area (Å²) >= 11 is 7.10. The van der Waals surface area contributed by atoms with Crippen molar-refractivity contribution >= 4 is 46.1 Å². The van der Waals surface area contributed by atoms with Crippen molar-refractivity contribution in [2.24, 2.45) is 17.6 Å². The number of hydrogen-bond donors (Lipinski definition) is 1. The Bertz CT molecular complexity index is 1580. The standard InChI is InChI=1S/C36H40N2O5S2/c1-41-27-17-26(18-28(20-27)42-2)32-19-25(10-6-7-11-31(39)29(37)15-22-8-4-3-5-9-22)33(43-32)21-34-35(40)38(36(44)45-34)30-16-23-12-13-24(30)14-23/h3-5,8-9,17-21,23-24,29-30H,6-7,10-16,37H2,1-2H3/b34-21-/t23?,24?,29-,30?/m0/s1. The van der Waals surface area contributed by atoms with E-state index in [1.54, 1.807) is 14.2 Å². The third-order valence-corrected chi connectivity index (χ3v) is 10.8. The molecule has 6 rings (SSSR count). The van der Waals surface area contributed by atoms with Crippen LogP contribution in [0.4, 0.5) is 0 Å². The second-order valence-corrected chi connectivity index (χ2v) is 14.0. The summed E-state index contributed by atoms with van der Waals surface area (Å²) in [5.41, 5.74) is 9.08. The molecule has 2 saturated carbocycles. The van der Waals surface area contributed by atoms with E-state index in [0.717, 1.165) is 29.5 Å². The molecule has 2 N–H and O–H groups in total. The molecule has 1 aliphatic heterocycles. The molecule has 2 heterocycles. The number of nitrogens with zero attached hydrogens (tertiary/aromatic N) is 1. The summed E-state index contributed by atoms with van der Waals surface area (Å²) in [7, 11) is 3.23. The van der Waals surface area contributed by atoms with Crippen LogP contribution in [-0.4, -0.2) is 47.2 Å². The number of furan rings is 1. The number of benzene rings is 2. The van der Waals surface area contributed by atoms with E-state index in [1.807, 2.05) is 65.6 Å².